The number of alkyl halides is 2. The Labute approximate surface area is 217 Å². The average Bonchev–Trinajstić information content (AvgIpc) is 3.14. The minimum atomic E-state index is -1.28. The molecule has 2 bridgehead atoms. The Morgan fingerprint density at radius 2 is 1.20 bits per heavy atom. The lowest BCUT2D eigenvalue weighted by Gasteiger charge is -2.54. The van der Waals surface area contributed by atoms with E-state index in [1.807, 2.05) is 48.5 Å². The third-order valence-electron chi connectivity index (χ3n) is 7.50. The van der Waals surface area contributed by atoms with Crippen LogP contribution < -0.4 is 5.32 Å². The first-order valence-corrected chi connectivity index (χ1v) is 12.3. The van der Waals surface area contributed by atoms with Gasteiger partial charge in [-0.3, -0.25) is 19.3 Å². The number of benzene rings is 3. The molecule has 4 aliphatic rings. The lowest BCUT2D eigenvalue weighted by Crippen LogP contribution is -2.57. The van der Waals surface area contributed by atoms with Gasteiger partial charge in [-0.25, -0.2) is 0 Å². The first-order valence-electron chi connectivity index (χ1n) is 11.2. The molecule has 7 rings (SSSR count). The highest BCUT2D eigenvalue weighted by Crippen LogP contribution is 2.69. The van der Waals surface area contributed by atoms with Crippen molar-refractivity contribution in [3.05, 3.63) is 100 Å². The third-order valence-corrected chi connectivity index (χ3v) is 9.03. The van der Waals surface area contributed by atoms with Gasteiger partial charge in [0.15, 0.2) is 0 Å². The number of imide groups is 1. The minimum Gasteiger partial charge on any atom is -0.324 e. The molecular formula is C27H19Cl3N2O3. The van der Waals surface area contributed by atoms with Crippen molar-refractivity contribution in [3.8, 4) is 0 Å². The van der Waals surface area contributed by atoms with Crippen molar-refractivity contribution in [2.45, 2.75) is 22.7 Å². The number of nitrogens with zero attached hydrogens (tertiary/aromatic N) is 1. The van der Waals surface area contributed by atoms with Crippen molar-refractivity contribution >= 4 is 58.2 Å². The van der Waals surface area contributed by atoms with Gasteiger partial charge >= 0.3 is 0 Å². The molecule has 0 saturated carbocycles. The van der Waals surface area contributed by atoms with E-state index in [9.17, 15) is 14.4 Å². The second-order valence-corrected chi connectivity index (χ2v) is 10.8. The van der Waals surface area contributed by atoms with E-state index in [-0.39, 0.29) is 0 Å². The van der Waals surface area contributed by atoms with Crippen molar-refractivity contribution in [3.63, 3.8) is 0 Å². The van der Waals surface area contributed by atoms with E-state index in [4.69, 9.17) is 34.8 Å². The van der Waals surface area contributed by atoms with Crippen molar-refractivity contribution in [2.75, 3.05) is 5.32 Å². The van der Waals surface area contributed by atoms with Gasteiger partial charge in [0.2, 0.25) is 17.7 Å². The minimum absolute atomic E-state index is 0.497. The van der Waals surface area contributed by atoms with Crippen LogP contribution in [0, 0.1) is 11.8 Å². The Kier molecular flexibility index (Phi) is 4.89. The summed E-state index contributed by atoms with van der Waals surface area (Å²) in [6.07, 6.45) is 0. The molecule has 1 heterocycles. The number of carbonyl (C=O) groups is 3. The molecule has 35 heavy (non-hydrogen) atoms. The van der Waals surface area contributed by atoms with Crippen LogP contribution in [0.2, 0.25) is 5.02 Å². The van der Waals surface area contributed by atoms with E-state index < -0.39 is 45.3 Å². The number of halogens is 3. The molecule has 176 valence electrons. The summed E-state index contributed by atoms with van der Waals surface area (Å²) in [6, 6.07) is 20.4. The fourth-order valence-corrected chi connectivity index (χ4v) is 7.19. The fraction of sp³-hybridized carbons (Fsp3) is 0.222. The number of rotatable bonds is 3. The zero-order chi connectivity index (χ0) is 24.7. The maximum atomic E-state index is 13.9. The molecule has 3 aliphatic carbocycles. The summed E-state index contributed by atoms with van der Waals surface area (Å²) in [7, 11) is 0. The van der Waals surface area contributed by atoms with Gasteiger partial charge in [-0.05, 0) is 53.4 Å². The number of hydrogen-bond donors (Lipinski definition) is 1. The maximum Gasteiger partial charge on any atom is 0.247 e. The first kappa shape index (κ1) is 22.6. The molecule has 3 aromatic rings. The molecule has 0 unspecified atom stereocenters. The number of carbonyl (C=O) groups excluding carboxylic acids is 3. The molecular weight excluding hydrogens is 507 g/mol. The number of likely N-dealkylation sites (tertiary alicyclic amines) is 1. The van der Waals surface area contributed by atoms with Crippen molar-refractivity contribution < 1.29 is 14.4 Å². The second kappa shape index (κ2) is 7.57. The Morgan fingerprint density at radius 1 is 0.800 bits per heavy atom. The van der Waals surface area contributed by atoms with E-state index in [1.54, 1.807) is 24.3 Å². The largest absolute Gasteiger partial charge is 0.324 e. The topological polar surface area (TPSA) is 66.5 Å². The van der Waals surface area contributed by atoms with Crippen LogP contribution in [0.25, 0.3) is 0 Å². The SMILES string of the molecule is C[C@H](C(=O)Nc1ccc(Cl)cc1)N1C(=O)[C@@H]2[C@H](C1=O)C1(Cl)c3ccccc3C2(Cl)c2ccccc21. The van der Waals surface area contributed by atoms with Crippen LogP contribution in [0.4, 0.5) is 5.69 Å². The molecule has 0 spiro atoms. The monoisotopic (exact) mass is 524 g/mol. The standard InChI is InChI=1S/C27H19Cl3N2O3/c1-14(23(33)31-16-12-10-15(28)11-13-16)32-24(34)21-22(25(32)35)27(30)18-7-3-2-6-17(18)26(21,29)19-8-4-5-9-20(19)27/h2-14,21-22H,1H3,(H,31,33)/t14-,21-,22+,26?,27?/m1/s1. The lowest BCUT2D eigenvalue weighted by atomic mass is 9.54. The van der Waals surface area contributed by atoms with Crippen molar-refractivity contribution in [1.82, 2.24) is 4.90 Å². The summed E-state index contributed by atoms with van der Waals surface area (Å²) >= 11 is 20.7. The molecule has 3 aromatic carbocycles. The predicted molar refractivity (Wildman–Crippen MR) is 135 cm³/mol. The molecule has 3 atom stereocenters. The smallest absolute Gasteiger partial charge is 0.247 e. The number of anilines is 1. The van der Waals surface area contributed by atoms with Crippen LogP contribution in [0.5, 0.6) is 0 Å². The Balaban J connectivity index is 1.45. The Bertz CT molecular complexity index is 1300. The van der Waals surface area contributed by atoms with Crippen LogP contribution in [0.1, 0.15) is 29.2 Å². The molecule has 1 aliphatic heterocycles. The highest BCUT2D eigenvalue weighted by molar-refractivity contribution is 6.36. The van der Waals surface area contributed by atoms with Gasteiger partial charge in [-0.15, -0.1) is 23.2 Å². The molecule has 0 aromatic heterocycles. The van der Waals surface area contributed by atoms with Crippen LogP contribution in [-0.4, -0.2) is 28.7 Å². The Hall–Kier alpha value is -2.86. The first-order chi connectivity index (χ1) is 16.7. The zero-order valence-corrected chi connectivity index (χ0v) is 20.7. The predicted octanol–water partition coefficient (Wildman–Crippen LogP) is 5.26. The van der Waals surface area contributed by atoms with E-state index in [0.29, 0.717) is 10.7 Å². The second-order valence-electron chi connectivity index (χ2n) is 9.19. The van der Waals surface area contributed by atoms with Gasteiger partial charge in [0, 0.05) is 10.7 Å². The summed E-state index contributed by atoms with van der Waals surface area (Å²) in [5.74, 6) is -3.37. The molecule has 1 fully saturated rings. The van der Waals surface area contributed by atoms with Gasteiger partial charge in [0.25, 0.3) is 0 Å². The van der Waals surface area contributed by atoms with Gasteiger partial charge in [-0.2, -0.15) is 0 Å². The average molecular weight is 526 g/mol. The number of amides is 3. The highest BCUT2D eigenvalue weighted by Gasteiger charge is 2.73. The summed E-state index contributed by atoms with van der Waals surface area (Å²) < 4.78 is 0. The normalized spacial score (nSPS) is 28.9. The summed E-state index contributed by atoms with van der Waals surface area (Å²) in [5, 5.41) is 3.28. The van der Waals surface area contributed by atoms with Crippen LogP contribution in [0.15, 0.2) is 72.8 Å². The van der Waals surface area contributed by atoms with Gasteiger partial charge < -0.3 is 5.32 Å². The zero-order valence-electron chi connectivity index (χ0n) is 18.5. The van der Waals surface area contributed by atoms with Gasteiger partial charge in [-0.1, -0.05) is 60.1 Å². The summed E-state index contributed by atoms with van der Waals surface area (Å²) in [5.41, 5.74) is 3.39. The van der Waals surface area contributed by atoms with Crippen LogP contribution in [-0.2, 0) is 24.1 Å². The van der Waals surface area contributed by atoms with Crippen molar-refractivity contribution in [1.29, 1.82) is 0 Å². The van der Waals surface area contributed by atoms with E-state index in [2.05, 4.69) is 5.32 Å². The fourth-order valence-electron chi connectivity index (χ4n) is 5.97. The van der Waals surface area contributed by atoms with E-state index >= 15 is 0 Å². The molecule has 8 heteroatoms. The molecule has 5 nitrogen and oxygen atoms in total. The maximum absolute atomic E-state index is 13.9. The van der Waals surface area contributed by atoms with Crippen molar-refractivity contribution in [2.24, 2.45) is 11.8 Å². The number of nitrogens with one attached hydrogen (secondary N) is 1. The molecule has 1 N–H and O–H groups in total. The molecule has 0 radical (unpaired) electrons. The third kappa shape index (κ3) is 2.80. The highest BCUT2D eigenvalue weighted by atomic mass is 35.5. The summed E-state index contributed by atoms with van der Waals surface area (Å²) in [6.45, 7) is 1.53. The molecule has 1 saturated heterocycles. The number of hydrogen-bond acceptors (Lipinski definition) is 3. The molecule has 3 amide bonds. The van der Waals surface area contributed by atoms with E-state index in [0.717, 1.165) is 27.2 Å². The van der Waals surface area contributed by atoms with Crippen LogP contribution >= 0.6 is 34.8 Å². The summed E-state index contributed by atoms with van der Waals surface area (Å²) in [4.78, 5) is 39.4. The Morgan fingerprint density at radius 3 is 1.60 bits per heavy atom. The van der Waals surface area contributed by atoms with Gasteiger partial charge in [0.1, 0.15) is 15.8 Å². The van der Waals surface area contributed by atoms with Gasteiger partial charge in [0.05, 0.1) is 11.8 Å². The van der Waals surface area contributed by atoms with Crippen LogP contribution in [0.3, 0.4) is 0 Å². The van der Waals surface area contributed by atoms with E-state index in [1.165, 1.54) is 6.92 Å². The quantitative estimate of drug-likeness (QED) is 0.375. The lowest BCUT2D eigenvalue weighted by molar-refractivity contribution is -0.146.